The van der Waals surface area contributed by atoms with Gasteiger partial charge in [-0.2, -0.15) is 0 Å². The van der Waals surface area contributed by atoms with Crippen molar-refractivity contribution in [3.63, 3.8) is 0 Å². The van der Waals surface area contributed by atoms with Crippen LogP contribution < -0.4 is 10.5 Å². The number of methoxy groups -OCH3 is 1. The van der Waals surface area contributed by atoms with Crippen LogP contribution in [-0.2, 0) is 0 Å². The van der Waals surface area contributed by atoms with E-state index in [9.17, 15) is 0 Å². The molecule has 14 heavy (non-hydrogen) atoms. The zero-order valence-electron chi connectivity index (χ0n) is 8.70. The lowest BCUT2D eigenvalue weighted by atomic mass is 10.0. The van der Waals surface area contributed by atoms with Crippen LogP contribution >= 0.6 is 12.2 Å². The van der Waals surface area contributed by atoms with Gasteiger partial charge in [-0.05, 0) is 23.6 Å². The quantitative estimate of drug-likeness (QED) is 0.777. The van der Waals surface area contributed by atoms with E-state index < -0.39 is 0 Å². The average Bonchev–Trinajstić information content (AvgIpc) is 2.16. The lowest BCUT2D eigenvalue weighted by molar-refractivity contribution is 0.414. The second-order valence-electron chi connectivity index (χ2n) is 3.48. The van der Waals surface area contributed by atoms with Gasteiger partial charge in [-0.1, -0.05) is 32.1 Å². The lowest BCUT2D eigenvalue weighted by Crippen LogP contribution is -2.11. The summed E-state index contributed by atoms with van der Waals surface area (Å²) < 4.78 is 5.17. The van der Waals surface area contributed by atoms with Crippen LogP contribution in [0.1, 0.15) is 30.9 Å². The fourth-order valence-corrected chi connectivity index (χ4v) is 1.44. The van der Waals surface area contributed by atoms with Gasteiger partial charge in [-0.15, -0.1) is 0 Å². The first-order chi connectivity index (χ1) is 6.56. The molecule has 0 heterocycles. The van der Waals surface area contributed by atoms with E-state index >= 15 is 0 Å². The SMILES string of the molecule is COc1ccc(C(C)C)cc1C(N)=S. The van der Waals surface area contributed by atoms with E-state index in [0.717, 1.165) is 11.3 Å². The van der Waals surface area contributed by atoms with E-state index in [4.69, 9.17) is 22.7 Å². The normalized spacial score (nSPS) is 10.3. The summed E-state index contributed by atoms with van der Waals surface area (Å²) in [5.74, 6) is 1.20. The van der Waals surface area contributed by atoms with Gasteiger partial charge >= 0.3 is 0 Å². The van der Waals surface area contributed by atoms with Gasteiger partial charge in [0.2, 0.25) is 0 Å². The molecule has 1 aromatic rings. The fraction of sp³-hybridized carbons (Fsp3) is 0.364. The molecule has 2 nitrogen and oxygen atoms in total. The Morgan fingerprint density at radius 3 is 2.50 bits per heavy atom. The van der Waals surface area contributed by atoms with E-state index in [-0.39, 0.29) is 0 Å². The van der Waals surface area contributed by atoms with Crippen molar-refractivity contribution in [3.8, 4) is 5.75 Å². The molecule has 0 fully saturated rings. The van der Waals surface area contributed by atoms with Gasteiger partial charge in [0.1, 0.15) is 10.7 Å². The van der Waals surface area contributed by atoms with Gasteiger partial charge in [-0.3, -0.25) is 0 Å². The molecule has 0 saturated heterocycles. The van der Waals surface area contributed by atoms with Crippen molar-refractivity contribution < 1.29 is 4.74 Å². The van der Waals surface area contributed by atoms with Crippen molar-refractivity contribution >= 4 is 17.2 Å². The molecule has 0 aliphatic heterocycles. The van der Waals surface area contributed by atoms with Crippen LogP contribution in [0.5, 0.6) is 5.75 Å². The Balaban J connectivity index is 3.21. The monoisotopic (exact) mass is 209 g/mol. The van der Waals surface area contributed by atoms with Gasteiger partial charge in [0.15, 0.2) is 0 Å². The minimum Gasteiger partial charge on any atom is -0.496 e. The number of ether oxygens (including phenoxy) is 1. The highest BCUT2D eigenvalue weighted by molar-refractivity contribution is 7.80. The Morgan fingerprint density at radius 1 is 1.43 bits per heavy atom. The largest absolute Gasteiger partial charge is 0.496 e. The molecule has 0 aliphatic carbocycles. The minimum absolute atomic E-state index is 0.379. The molecule has 0 aliphatic rings. The maximum atomic E-state index is 5.61. The summed E-state index contributed by atoms with van der Waals surface area (Å²) in [6.45, 7) is 4.26. The van der Waals surface area contributed by atoms with Crippen molar-refractivity contribution in [1.29, 1.82) is 0 Å². The zero-order chi connectivity index (χ0) is 10.7. The zero-order valence-corrected chi connectivity index (χ0v) is 9.52. The van der Waals surface area contributed by atoms with Crippen LogP contribution in [-0.4, -0.2) is 12.1 Å². The Kier molecular flexibility index (Phi) is 3.47. The standard InChI is InChI=1S/C11H15NOS/c1-7(2)8-4-5-10(13-3)9(6-8)11(12)14/h4-7H,1-3H3,(H2,12,14). The first kappa shape index (κ1) is 11.0. The molecule has 0 radical (unpaired) electrons. The van der Waals surface area contributed by atoms with Crippen LogP contribution in [0, 0.1) is 0 Å². The first-order valence-corrected chi connectivity index (χ1v) is 4.94. The van der Waals surface area contributed by atoms with E-state index in [0.29, 0.717) is 10.9 Å². The Bertz CT molecular complexity index is 347. The summed E-state index contributed by atoms with van der Waals surface area (Å²) >= 11 is 4.96. The molecule has 0 spiro atoms. The van der Waals surface area contributed by atoms with Crippen molar-refractivity contribution in [1.82, 2.24) is 0 Å². The predicted molar refractivity (Wildman–Crippen MR) is 63.0 cm³/mol. The number of hydrogen-bond donors (Lipinski definition) is 1. The van der Waals surface area contributed by atoms with Crippen LogP contribution in [0.25, 0.3) is 0 Å². The maximum absolute atomic E-state index is 5.61. The summed E-state index contributed by atoms with van der Waals surface area (Å²) in [5, 5.41) is 0. The van der Waals surface area contributed by atoms with Gasteiger partial charge in [0.05, 0.1) is 12.7 Å². The molecule has 0 aromatic heterocycles. The molecular weight excluding hydrogens is 194 g/mol. The molecule has 0 saturated carbocycles. The summed E-state index contributed by atoms with van der Waals surface area (Å²) in [5.41, 5.74) is 7.64. The lowest BCUT2D eigenvalue weighted by Gasteiger charge is -2.11. The van der Waals surface area contributed by atoms with E-state index in [2.05, 4.69) is 13.8 Å². The van der Waals surface area contributed by atoms with Crippen LogP contribution in [0.15, 0.2) is 18.2 Å². The fourth-order valence-electron chi connectivity index (χ4n) is 1.28. The molecular formula is C11H15NOS. The third kappa shape index (κ3) is 2.23. The number of rotatable bonds is 3. The van der Waals surface area contributed by atoms with E-state index in [1.54, 1.807) is 7.11 Å². The van der Waals surface area contributed by atoms with Crippen molar-refractivity contribution in [2.24, 2.45) is 5.73 Å². The Morgan fingerprint density at radius 2 is 2.07 bits per heavy atom. The second-order valence-corrected chi connectivity index (χ2v) is 3.92. The van der Waals surface area contributed by atoms with Gasteiger partial charge in [-0.25, -0.2) is 0 Å². The van der Waals surface area contributed by atoms with Crippen LogP contribution in [0.4, 0.5) is 0 Å². The maximum Gasteiger partial charge on any atom is 0.129 e. The van der Waals surface area contributed by atoms with Crippen LogP contribution in [0.3, 0.4) is 0 Å². The van der Waals surface area contributed by atoms with Gasteiger partial charge in [0, 0.05) is 0 Å². The Labute approximate surface area is 90.1 Å². The molecule has 3 heteroatoms. The van der Waals surface area contributed by atoms with Crippen molar-refractivity contribution in [2.75, 3.05) is 7.11 Å². The third-order valence-electron chi connectivity index (χ3n) is 2.16. The van der Waals surface area contributed by atoms with Gasteiger partial charge < -0.3 is 10.5 Å². The molecule has 2 N–H and O–H groups in total. The Hall–Kier alpha value is -1.09. The number of thiocarbonyl (C=S) groups is 1. The summed E-state index contributed by atoms with van der Waals surface area (Å²) in [6, 6.07) is 5.93. The molecule has 1 aromatic carbocycles. The van der Waals surface area contributed by atoms with Crippen LogP contribution in [0.2, 0.25) is 0 Å². The summed E-state index contributed by atoms with van der Waals surface area (Å²) in [4.78, 5) is 0.379. The van der Waals surface area contributed by atoms with Crippen molar-refractivity contribution in [2.45, 2.75) is 19.8 Å². The molecule has 0 atom stereocenters. The summed E-state index contributed by atoms with van der Waals surface area (Å²) in [7, 11) is 1.62. The molecule has 0 unspecified atom stereocenters. The first-order valence-electron chi connectivity index (χ1n) is 4.54. The summed E-state index contributed by atoms with van der Waals surface area (Å²) in [6.07, 6.45) is 0. The molecule has 0 bridgehead atoms. The van der Waals surface area contributed by atoms with E-state index in [1.807, 2.05) is 18.2 Å². The topological polar surface area (TPSA) is 35.2 Å². The van der Waals surface area contributed by atoms with E-state index in [1.165, 1.54) is 5.56 Å². The minimum atomic E-state index is 0.379. The molecule has 1 rings (SSSR count). The highest BCUT2D eigenvalue weighted by Gasteiger charge is 2.08. The molecule has 0 amide bonds. The number of nitrogens with two attached hydrogens (primary N) is 1. The molecule has 76 valence electrons. The van der Waals surface area contributed by atoms with Gasteiger partial charge in [0.25, 0.3) is 0 Å². The highest BCUT2D eigenvalue weighted by Crippen LogP contribution is 2.23. The average molecular weight is 209 g/mol. The number of hydrogen-bond acceptors (Lipinski definition) is 2. The van der Waals surface area contributed by atoms with Crippen molar-refractivity contribution in [3.05, 3.63) is 29.3 Å². The number of benzene rings is 1. The predicted octanol–water partition coefficient (Wildman–Crippen LogP) is 2.45. The third-order valence-corrected chi connectivity index (χ3v) is 2.38. The smallest absolute Gasteiger partial charge is 0.129 e. The second kappa shape index (κ2) is 4.42. The highest BCUT2D eigenvalue weighted by atomic mass is 32.1.